The Balaban J connectivity index is 1.26. The first-order chi connectivity index (χ1) is 25.0. The van der Waals surface area contributed by atoms with E-state index in [0.717, 1.165) is 33.3 Å². The normalized spacial score (nSPS) is 18.6. The summed E-state index contributed by atoms with van der Waals surface area (Å²) >= 11 is 14.0. The maximum atomic E-state index is 12.8. The topological polar surface area (TPSA) is 128 Å². The second kappa shape index (κ2) is 23.8. The van der Waals surface area contributed by atoms with Crippen LogP contribution < -0.4 is 15.4 Å². The molecule has 2 amide bonds. The predicted molar refractivity (Wildman–Crippen MR) is 219 cm³/mol. The Bertz CT molecular complexity index is 1430. The molecular weight excluding hydrogens is 930 g/mol. The highest BCUT2D eigenvalue weighted by atomic mass is 79.9. The predicted octanol–water partition coefficient (Wildman–Crippen LogP) is 9.61. The average Bonchev–Trinajstić information content (AvgIpc) is 3.34. The van der Waals surface area contributed by atoms with Gasteiger partial charge in [-0.2, -0.15) is 0 Å². The van der Waals surface area contributed by atoms with Crippen LogP contribution in [-0.4, -0.2) is 61.3 Å². The molecule has 3 rings (SSSR count). The Morgan fingerprint density at radius 2 is 1.65 bits per heavy atom. The van der Waals surface area contributed by atoms with Crippen LogP contribution in [0.4, 0.5) is 0 Å². The molecule has 0 radical (unpaired) electrons. The summed E-state index contributed by atoms with van der Waals surface area (Å²) in [7, 11) is 1.51. The molecule has 0 saturated heterocycles. The minimum Gasteiger partial charge on any atom is -0.495 e. The van der Waals surface area contributed by atoms with Gasteiger partial charge in [-0.25, -0.2) is 0 Å². The van der Waals surface area contributed by atoms with Crippen molar-refractivity contribution in [1.29, 1.82) is 0 Å². The Morgan fingerprint density at radius 3 is 2.35 bits per heavy atom. The second-order valence-corrected chi connectivity index (χ2v) is 16.9. The van der Waals surface area contributed by atoms with Gasteiger partial charge in [-0.05, 0) is 116 Å². The maximum Gasteiger partial charge on any atom is 0.311 e. The lowest BCUT2D eigenvalue weighted by atomic mass is 10.0. The Kier molecular flexibility index (Phi) is 20.4. The molecule has 0 saturated carbocycles. The SMILES string of the molecule is COC1=C(Br)C[C@]2(OC=C1Br)ON=C(C(=O)NCCCOc1c(Br)cc(CCNC(=O)CCCCCCCC/C=C\CCCC(C)C)cc1Br)[C@@H]2O. The van der Waals surface area contributed by atoms with Crippen molar-refractivity contribution < 1.29 is 33.7 Å². The highest BCUT2D eigenvalue weighted by Gasteiger charge is 2.54. The van der Waals surface area contributed by atoms with Gasteiger partial charge in [0.05, 0.1) is 33.6 Å². The quantitative estimate of drug-likeness (QED) is 0.0737. The molecule has 2 heterocycles. The Labute approximate surface area is 342 Å². The fourth-order valence-electron chi connectivity index (χ4n) is 5.70. The third kappa shape index (κ3) is 14.8. The van der Waals surface area contributed by atoms with Gasteiger partial charge >= 0.3 is 5.79 Å². The van der Waals surface area contributed by atoms with E-state index < -0.39 is 17.8 Å². The number of rotatable bonds is 23. The summed E-state index contributed by atoms with van der Waals surface area (Å²) in [6.07, 6.45) is 18.4. The monoisotopic (exact) mass is 979 g/mol. The molecule has 2 aliphatic rings. The van der Waals surface area contributed by atoms with Gasteiger partial charge in [0.15, 0.2) is 11.8 Å². The third-order valence-corrected chi connectivity index (χ3v) is 11.0. The zero-order valence-electron chi connectivity index (χ0n) is 30.4. The van der Waals surface area contributed by atoms with Crippen LogP contribution in [-0.2, 0) is 30.3 Å². The molecule has 2 atom stereocenters. The van der Waals surface area contributed by atoms with Crippen LogP contribution in [0.25, 0.3) is 0 Å². The number of unbranched alkanes of at least 4 members (excludes halogenated alkanes) is 7. The molecule has 0 unspecified atom stereocenters. The number of ether oxygens (including phenoxy) is 3. The van der Waals surface area contributed by atoms with E-state index in [2.05, 4.69) is 106 Å². The first-order valence-electron chi connectivity index (χ1n) is 18.2. The van der Waals surface area contributed by atoms with Crippen LogP contribution in [0.15, 0.2) is 59.4 Å². The lowest BCUT2D eigenvalue weighted by molar-refractivity contribution is -0.225. The average molecular weight is 983 g/mol. The second-order valence-electron chi connectivity index (χ2n) is 13.4. The van der Waals surface area contributed by atoms with Crippen LogP contribution in [0.5, 0.6) is 5.75 Å². The van der Waals surface area contributed by atoms with Crippen LogP contribution in [0.3, 0.4) is 0 Å². The molecule has 52 heavy (non-hydrogen) atoms. The van der Waals surface area contributed by atoms with Gasteiger partial charge in [0.2, 0.25) is 5.91 Å². The number of allylic oxidation sites excluding steroid dienone is 3. The molecule has 10 nitrogen and oxygen atoms in total. The standard InChI is InChI=1S/C38H53Br4N3O7/c1-26(2)16-13-11-9-7-5-4-6-8-10-12-14-17-32(46)43-20-18-27-22-28(39)35(29(40)23-27)50-21-15-19-44-37(48)33-36(47)38(52-45-33)24-30(41)34(49-3)31(42)25-51-38/h7,9,22-23,25-26,36,47H,4-6,8,10-21,24H2,1-3H3,(H,43,46)(H,44,48)/b9-7-/t36-,38-/m0/s1. The van der Waals surface area contributed by atoms with E-state index in [1.54, 1.807) is 0 Å². The number of oxime groups is 1. The largest absolute Gasteiger partial charge is 0.495 e. The minimum atomic E-state index is -1.60. The van der Waals surface area contributed by atoms with Gasteiger partial charge in [0, 0.05) is 24.0 Å². The zero-order chi connectivity index (χ0) is 37.9. The zero-order valence-corrected chi connectivity index (χ0v) is 36.8. The summed E-state index contributed by atoms with van der Waals surface area (Å²) in [5.74, 6) is -0.144. The summed E-state index contributed by atoms with van der Waals surface area (Å²) in [5, 5.41) is 20.5. The number of hydrogen-bond acceptors (Lipinski definition) is 8. The van der Waals surface area contributed by atoms with E-state index >= 15 is 0 Å². The molecule has 14 heteroatoms. The van der Waals surface area contributed by atoms with Gasteiger partial charge in [-0.1, -0.05) is 79.2 Å². The van der Waals surface area contributed by atoms with Crippen LogP contribution in [0.1, 0.15) is 103 Å². The van der Waals surface area contributed by atoms with Gasteiger partial charge < -0.3 is 34.8 Å². The number of aliphatic hydroxyl groups excluding tert-OH is 1. The van der Waals surface area contributed by atoms with E-state index in [4.69, 9.17) is 19.0 Å². The summed E-state index contributed by atoms with van der Waals surface area (Å²) in [6, 6.07) is 3.97. The third-order valence-electron chi connectivity index (χ3n) is 8.63. The molecule has 0 aromatic heterocycles. The van der Waals surface area contributed by atoms with E-state index in [1.165, 1.54) is 64.7 Å². The molecule has 1 aromatic carbocycles. The van der Waals surface area contributed by atoms with E-state index in [0.29, 0.717) is 52.9 Å². The van der Waals surface area contributed by atoms with Crippen LogP contribution >= 0.6 is 63.7 Å². The number of methoxy groups -OCH3 is 1. The summed E-state index contributed by atoms with van der Waals surface area (Å²) in [5.41, 5.74) is 0.873. The van der Waals surface area contributed by atoms with E-state index in [1.807, 2.05) is 12.1 Å². The van der Waals surface area contributed by atoms with E-state index in [9.17, 15) is 14.7 Å². The Hall–Kier alpha value is -1.87. The van der Waals surface area contributed by atoms with Crippen molar-refractivity contribution in [3.8, 4) is 5.75 Å². The van der Waals surface area contributed by atoms with Crippen molar-refractivity contribution in [3.63, 3.8) is 0 Å². The number of carbonyl (C=O) groups is 2. The molecule has 0 fully saturated rings. The van der Waals surface area contributed by atoms with Gasteiger partial charge in [-0.15, -0.1) is 0 Å². The molecule has 0 bridgehead atoms. The molecular formula is C38H53Br4N3O7. The molecule has 290 valence electrons. The van der Waals surface area contributed by atoms with Gasteiger partial charge in [-0.3, -0.25) is 9.59 Å². The Morgan fingerprint density at radius 1 is 0.981 bits per heavy atom. The highest BCUT2D eigenvalue weighted by molar-refractivity contribution is 9.12. The number of hydrogen-bond donors (Lipinski definition) is 3. The maximum absolute atomic E-state index is 12.8. The number of carbonyl (C=O) groups excluding carboxylic acids is 2. The smallest absolute Gasteiger partial charge is 0.311 e. The van der Waals surface area contributed by atoms with Gasteiger partial charge in [0.1, 0.15) is 17.8 Å². The lowest BCUT2D eigenvalue weighted by Crippen LogP contribution is -2.49. The van der Waals surface area contributed by atoms with Crippen molar-refractivity contribution in [2.75, 3.05) is 26.8 Å². The van der Waals surface area contributed by atoms with Crippen molar-refractivity contribution in [3.05, 3.63) is 59.8 Å². The van der Waals surface area contributed by atoms with Crippen molar-refractivity contribution in [2.45, 2.75) is 116 Å². The van der Waals surface area contributed by atoms with Crippen LogP contribution in [0.2, 0.25) is 0 Å². The summed E-state index contributed by atoms with van der Waals surface area (Å²) < 4.78 is 19.7. The summed E-state index contributed by atoms with van der Waals surface area (Å²) in [4.78, 5) is 30.6. The number of amides is 2. The molecule has 2 aliphatic heterocycles. The highest BCUT2D eigenvalue weighted by Crippen LogP contribution is 2.41. The van der Waals surface area contributed by atoms with Crippen molar-refractivity contribution >= 4 is 81.2 Å². The molecule has 3 N–H and O–H groups in total. The van der Waals surface area contributed by atoms with Crippen molar-refractivity contribution in [2.24, 2.45) is 11.1 Å². The molecule has 0 aliphatic carbocycles. The molecule has 1 spiro atoms. The van der Waals surface area contributed by atoms with Gasteiger partial charge in [0.25, 0.3) is 5.91 Å². The fraction of sp³-hybridized carbons (Fsp3) is 0.605. The fourth-order valence-corrected chi connectivity index (χ4v) is 8.74. The molecule has 1 aromatic rings. The van der Waals surface area contributed by atoms with Crippen molar-refractivity contribution in [1.82, 2.24) is 10.6 Å². The number of benzene rings is 1. The first kappa shape index (κ1) is 44.5. The lowest BCUT2D eigenvalue weighted by Gasteiger charge is -2.27. The number of nitrogens with one attached hydrogen (secondary N) is 2. The number of nitrogens with zero attached hydrogens (tertiary/aromatic N) is 1. The van der Waals surface area contributed by atoms with E-state index in [-0.39, 0.29) is 24.6 Å². The number of aliphatic hydroxyl groups is 1. The first-order valence-corrected chi connectivity index (χ1v) is 21.4. The number of halogens is 4. The summed E-state index contributed by atoms with van der Waals surface area (Å²) in [6.45, 7) is 5.74. The minimum absolute atomic E-state index is 0.0617. The van der Waals surface area contributed by atoms with Crippen LogP contribution in [0, 0.1) is 5.92 Å².